The number of ether oxygens (including phenoxy) is 1. The summed E-state index contributed by atoms with van der Waals surface area (Å²) < 4.78 is 8.00. The Morgan fingerprint density at radius 3 is 2.72 bits per heavy atom. The van der Waals surface area contributed by atoms with Crippen molar-refractivity contribution in [3.63, 3.8) is 0 Å². The Labute approximate surface area is 178 Å². The fourth-order valence-corrected chi connectivity index (χ4v) is 5.01. The summed E-state index contributed by atoms with van der Waals surface area (Å²) >= 11 is 3.48. The summed E-state index contributed by atoms with van der Waals surface area (Å²) in [6.07, 6.45) is 6.61. The van der Waals surface area contributed by atoms with E-state index in [-0.39, 0.29) is 11.4 Å². The van der Waals surface area contributed by atoms with Gasteiger partial charge in [0, 0.05) is 43.6 Å². The van der Waals surface area contributed by atoms with E-state index in [0.29, 0.717) is 17.1 Å². The first kappa shape index (κ1) is 18.6. The number of likely N-dealkylation sites (tertiary alicyclic amines) is 1. The molecule has 6 nitrogen and oxygen atoms in total. The molecule has 150 valence electrons. The molecule has 3 aromatic rings. The number of hydrogen-bond acceptors (Lipinski definition) is 4. The number of nitrogens with zero attached hydrogens (tertiary/aromatic N) is 3. The maximum absolute atomic E-state index is 13.1. The van der Waals surface area contributed by atoms with E-state index in [2.05, 4.69) is 50.5 Å². The fourth-order valence-electron chi connectivity index (χ4n) is 4.52. The lowest BCUT2D eigenvalue weighted by atomic mass is 9.78. The molecule has 1 aromatic carbocycles. The monoisotopic (exact) mass is 454 g/mol. The van der Waals surface area contributed by atoms with Crippen LogP contribution >= 0.6 is 15.9 Å². The largest absolute Gasteiger partial charge is 0.495 e. The van der Waals surface area contributed by atoms with Crippen LogP contribution in [0.15, 0.2) is 47.2 Å². The van der Waals surface area contributed by atoms with Crippen molar-refractivity contribution in [1.82, 2.24) is 19.6 Å². The summed E-state index contributed by atoms with van der Waals surface area (Å²) in [6.45, 7) is 2.40. The number of imidazole rings is 1. The van der Waals surface area contributed by atoms with Crippen molar-refractivity contribution in [3.8, 4) is 5.75 Å². The zero-order valence-corrected chi connectivity index (χ0v) is 17.9. The van der Waals surface area contributed by atoms with Crippen LogP contribution < -0.4 is 10.1 Å². The average molecular weight is 455 g/mol. The number of carbonyl (C=O) groups excluding carboxylic acids is 1. The molecule has 1 saturated heterocycles. The van der Waals surface area contributed by atoms with E-state index in [1.807, 2.05) is 21.6 Å². The average Bonchev–Trinajstić information content (AvgIpc) is 3.16. The number of aromatic nitrogens is 2. The summed E-state index contributed by atoms with van der Waals surface area (Å²) in [7, 11) is 1.62. The maximum atomic E-state index is 13.1. The zero-order valence-electron chi connectivity index (χ0n) is 16.3. The van der Waals surface area contributed by atoms with E-state index < -0.39 is 0 Å². The summed E-state index contributed by atoms with van der Waals surface area (Å²) in [4.78, 5) is 19.5. The second-order valence-corrected chi connectivity index (χ2v) is 8.81. The number of piperidine rings is 1. The summed E-state index contributed by atoms with van der Waals surface area (Å²) in [5, 5.41) is 3.75. The van der Waals surface area contributed by atoms with Gasteiger partial charge in [-0.05, 0) is 46.3 Å². The lowest BCUT2D eigenvalue weighted by Crippen LogP contribution is -2.57. The second kappa shape index (κ2) is 7.15. The first-order valence-electron chi connectivity index (χ1n) is 9.90. The number of rotatable bonds is 2. The van der Waals surface area contributed by atoms with Gasteiger partial charge in [0.2, 0.25) is 0 Å². The van der Waals surface area contributed by atoms with E-state index in [1.165, 1.54) is 11.1 Å². The first-order chi connectivity index (χ1) is 14.1. The van der Waals surface area contributed by atoms with Gasteiger partial charge in [0.1, 0.15) is 17.1 Å². The van der Waals surface area contributed by atoms with Gasteiger partial charge >= 0.3 is 0 Å². The molecule has 2 aliphatic heterocycles. The highest BCUT2D eigenvalue weighted by Gasteiger charge is 2.38. The molecule has 2 aromatic heterocycles. The van der Waals surface area contributed by atoms with Crippen LogP contribution in [0.5, 0.6) is 5.75 Å². The van der Waals surface area contributed by atoms with Gasteiger partial charge in [-0.15, -0.1) is 0 Å². The van der Waals surface area contributed by atoms with Crippen molar-refractivity contribution in [2.24, 2.45) is 0 Å². The molecule has 1 fully saturated rings. The Kier molecular flexibility index (Phi) is 4.59. The highest BCUT2D eigenvalue weighted by molar-refractivity contribution is 9.10. The van der Waals surface area contributed by atoms with Crippen molar-refractivity contribution < 1.29 is 9.53 Å². The van der Waals surface area contributed by atoms with Gasteiger partial charge in [-0.25, -0.2) is 4.98 Å². The van der Waals surface area contributed by atoms with Crippen molar-refractivity contribution in [3.05, 3.63) is 64.0 Å². The van der Waals surface area contributed by atoms with Crippen LogP contribution in [0.1, 0.15) is 34.5 Å². The molecule has 0 atom stereocenters. The number of methoxy groups -OCH3 is 1. The SMILES string of the molecule is COc1cc2nc(C(=O)N3CCC4(CC3)Cc3ccccc3CN4)cn2cc1Br. The lowest BCUT2D eigenvalue weighted by Gasteiger charge is -2.45. The van der Waals surface area contributed by atoms with Gasteiger partial charge in [-0.1, -0.05) is 24.3 Å². The Hall–Kier alpha value is -2.38. The Balaban J connectivity index is 1.31. The molecule has 5 rings (SSSR count). The van der Waals surface area contributed by atoms with Crippen LogP contribution in [-0.2, 0) is 13.0 Å². The van der Waals surface area contributed by atoms with E-state index in [4.69, 9.17) is 4.74 Å². The third-order valence-corrected chi connectivity index (χ3v) is 6.85. The molecule has 0 unspecified atom stereocenters. The molecular weight excluding hydrogens is 432 g/mol. The lowest BCUT2D eigenvalue weighted by molar-refractivity contribution is 0.0626. The van der Waals surface area contributed by atoms with Crippen LogP contribution in [0.2, 0.25) is 0 Å². The van der Waals surface area contributed by atoms with E-state index in [0.717, 1.165) is 43.4 Å². The molecule has 1 spiro atoms. The molecule has 4 heterocycles. The van der Waals surface area contributed by atoms with Crippen LogP contribution in [-0.4, -0.2) is 45.9 Å². The number of hydrogen-bond donors (Lipinski definition) is 1. The molecule has 0 aliphatic carbocycles. The van der Waals surface area contributed by atoms with Gasteiger partial charge in [-0.2, -0.15) is 0 Å². The number of halogens is 1. The number of amides is 1. The van der Waals surface area contributed by atoms with E-state index in [9.17, 15) is 4.79 Å². The van der Waals surface area contributed by atoms with Gasteiger partial charge in [0.05, 0.1) is 11.6 Å². The van der Waals surface area contributed by atoms with Crippen LogP contribution in [0.4, 0.5) is 0 Å². The highest BCUT2D eigenvalue weighted by Crippen LogP contribution is 2.32. The van der Waals surface area contributed by atoms with Crippen molar-refractivity contribution >= 4 is 27.5 Å². The molecule has 7 heteroatoms. The topological polar surface area (TPSA) is 58.9 Å². The molecule has 0 radical (unpaired) electrons. The molecule has 2 aliphatic rings. The van der Waals surface area contributed by atoms with E-state index in [1.54, 1.807) is 13.3 Å². The molecule has 0 bridgehead atoms. The number of carbonyl (C=O) groups is 1. The fraction of sp³-hybridized carbons (Fsp3) is 0.364. The summed E-state index contributed by atoms with van der Waals surface area (Å²) in [6, 6.07) is 10.5. The third-order valence-electron chi connectivity index (χ3n) is 6.26. The normalized spacial score (nSPS) is 18.1. The number of pyridine rings is 1. The summed E-state index contributed by atoms with van der Waals surface area (Å²) in [5.41, 5.74) is 4.10. The van der Waals surface area contributed by atoms with Gasteiger partial charge in [0.25, 0.3) is 5.91 Å². The quantitative estimate of drug-likeness (QED) is 0.644. The van der Waals surface area contributed by atoms with Crippen molar-refractivity contribution in [2.45, 2.75) is 31.3 Å². The molecule has 1 amide bonds. The van der Waals surface area contributed by atoms with Gasteiger partial charge in [-0.3, -0.25) is 4.79 Å². The van der Waals surface area contributed by atoms with Crippen LogP contribution in [0, 0.1) is 0 Å². The minimum atomic E-state index is -0.00477. The molecule has 29 heavy (non-hydrogen) atoms. The number of nitrogens with one attached hydrogen (secondary N) is 1. The second-order valence-electron chi connectivity index (χ2n) is 7.95. The molecule has 1 N–H and O–H groups in total. The van der Waals surface area contributed by atoms with E-state index >= 15 is 0 Å². The zero-order chi connectivity index (χ0) is 20.0. The number of benzene rings is 1. The Morgan fingerprint density at radius 2 is 1.97 bits per heavy atom. The minimum Gasteiger partial charge on any atom is -0.495 e. The van der Waals surface area contributed by atoms with Crippen molar-refractivity contribution in [1.29, 1.82) is 0 Å². The standard InChI is InChI=1S/C22H23BrN4O2/c1-29-19-10-20-25-18(14-27(20)13-17(19)23)21(28)26-8-6-22(7-9-26)11-15-4-2-3-5-16(15)12-24-22/h2-5,10,13-14,24H,6-9,11-12H2,1H3. The van der Waals surface area contributed by atoms with Crippen LogP contribution in [0.3, 0.4) is 0 Å². The molecule has 0 saturated carbocycles. The number of fused-ring (bicyclic) bond motifs is 2. The van der Waals surface area contributed by atoms with Gasteiger partial charge in [0.15, 0.2) is 0 Å². The highest BCUT2D eigenvalue weighted by atomic mass is 79.9. The van der Waals surface area contributed by atoms with Crippen molar-refractivity contribution in [2.75, 3.05) is 20.2 Å². The molecular formula is C22H23BrN4O2. The smallest absolute Gasteiger partial charge is 0.274 e. The summed E-state index contributed by atoms with van der Waals surface area (Å²) in [5.74, 6) is 0.695. The predicted octanol–water partition coefficient (Wildman–Crippen LogP) is 3.43. The van der Waals surface area contributed by atoms with Gasteiger partial charge < -0.3 is 19.4 Å². The third kappa shape index (κ3) is 3.32. The van der Waals surface area contributed by atoms with Crippen LogP contribution in [0.25, 0.3) is 5.65 Å². The predicted molar refractivity (Wildman–Crippen MR) is 114 cm³/mol. The Morgan fingerprint density at radius 1 is 1.21 bits per heavy atom. The maximum Gasteiger partial charge on any atom is 0.274 e. The first-order valence-corrected chi connectivity index (χ1v) is 10.7. The minimum absolute atomic E-state index is 0.00477. The Bertz CT molecular complexity index is 1090.